The summed E-state index contributed by atoms with van der Waals surface area (Å²) in [5.41, 5.74) is 1.57. The van der Waals surface area contributed by atoms with Gasteiger partial charge in [-0.2, -0.15) is 0 Å². The molecule has 0 bridgehead atoms. The highest BCUT2D eigenvalue weighted by atomic mass is 16.5. The molecular formula is C23H32N2O3. The molecule has 5 nitrogen and oxygen atoms in total. The van der Waals surface area contributed by atoms with Crippen molar-refractivity contribution >= 4 is 16.9 Å². The number of furan rings is 1. The summed E-state index contributed by atoms with van der Waals surface area (Å²) in [4.78, 5) is 15.5. The van der Waals surface area contributed by atoms with Crippen LogP contribution in [0.4, 0.5) is 0 Å². The Morgan fingerprint density at radius 1 is 1.18 bits per heavy atom. The van der Waals surface area contributed by atoms with Crippen molar-refractivity contribution < 1.29 is 13.9 Å². The normalized spacial score (nSPS) is 21.4. The van der Waals surface area contributed by atoms with E-state index in [2.05, 4.69) is 10.2 Å². The molecule has 4 rings (SSSR count). The van der Waals surface area contributed by atoms with Crippen LogP contribution in [-0.2, 0) is 11.3 Å². The van der Waals surface area contributed by atoms with Crippen LogP contribution in [0.2, 0.25) is 0 Å². The number of nitrogens with one attached hydrogen (secondary N) is 1. The smallest absolute Gasteiger partial charge is 0.287 e. The van der Waals surface area contributed by atoms with Crippen LogP contribution >= 0.6 is 0 Å². The van der Waals surface area contributed by atoms with Gasteiger partial charge in [0.25, 0.3) is 5.91 Å². The summed E-state index contributed by atoms with van der Waals surface area (Å²) in [5.74, 6) is 1.10. The van der Waals surface area contributed by atoms with Gasteiger partial charge in [0.15, 0.2) is 5.76 Å². The zero-order valence-corrected chi connectivity index (χ0v) is 16.9. The van der Waals surface area contributed by atoms with E-state index in [1.54, 1.807) is 7.11 Å². The Labute approximate surface area is 167 Å². The van der Waals surface area contributed by atoms with Crippen molar-refractivity contribution in [3.8, 4) is 0 Å². The molecule has 28 heavy (non-hydrogen) atoms. The maximum atomic E-state index is 12.9. The monoisotopic (exact) mass is 384 g/mol. The average Bonchev–Trinajstić information content (AvgIpc) is 3.32. The van der Waals surface area contributed by atoms with E-state index in [1.165, 1.54) is 45.1 Å². The number of amides is 1. The molecule has 0 spiro atoms. The zero-order valence-electron chi connectivity index (χ0n) is 16.9. The number of carbonyl (C=O) groups excluding carboxylic acids is 1. The topological polar surface area (TPSA) is 54.7 Å². The number of para-hydroxylation sites is 1. The number of nitrogens with zero attached hydrogens (tertiary/aromatic N) is 1. The Kier molecular flexibility index (Phi) is 6.33. The highest BCUT2D eigenvalue weighted by Gasteiger charge is 2.28. The molecule has 1 aliphatic carbocycles. The predicted octanol–water partition coefficient (Wildman–Crippen LogP) is 4.35. The summed E-state index contributed by atoms with van der Waals surface area (Å²) < 4.78 is 11.2. The first-order chi connectivity index (χ1) is 13.8. The number of benzene rings is 1. The van der Waals surface area contributed by atoms with Crippen LogP contribution in [0.5, 0.6) is 0 Å². The molecule has 1 saturated carbocycles. The third kappa shape index (κ3) is 4.26. The summed E-state index contributed by atoms with van der Waals surface area (Å²) in [6, 6.07) is 8.20. The molecule has 1 aromatic carbocycles. The Morgan fingerprint density at radius 3 is 2.82 bits per heavy atom. The van der Waals surface area contributed by atoms with Crippen molar-refractivity contribution in [1.82, 2.24) is 10.2 Å². The first-order valence-corrected chi connectivity index (χ1v) is 10.8. The van der Waals surface area contributed by atoms with Crippen LogP contribution in [0.3, 0.4) is 0 Å². The molecule has 0 radical (unpaired) electrons. The molecule has 5 heteroatoms. The summed E-state index contributed by atoms with van der Waals surface area (Å²) in [6.07, 6.45) is 9.30. The van der Waals surface area contributed by atoms with E-state index in [9.17, 15) is 4.79 Å². The number of hydrogen-bond donors (Lipinski definition) is 1. The minimum Gasteiger partial charge on any atom is -0.451 e. The van der Waals surface area contributed by atoms with Crippen molar-refractivity contribution in [3.63, 3.8) is 0 Å². The van der Waals surface area contributed by atoms with Gasteiger partial charge in [0.1, 0.15) is 5.58 Å². The Hall–Kier alpha value is -1.85. The summed E-state index contributed by atoms with van der Waals surface area (Å²) >= 11 is 0. The minimum absolute atomic E-state index is 0.132. The SMILES string of the molecule is COCc1c(C(=O)NCC2CCCN2CC2CCCCC2)oc2ccccc12. The van der Waals surface area contributed by atoms with Crippen molar-refractivity contribution in [1.29, 1.82) is 0 Å². The van der Waals surface area contributed by atoms with E-state index >= 15 is 0 Å². The van der Waals surface area contributed by atoms with Gasteiger partial charge < -0.3 is 14.5 Å². The van der Waals surface area contributed by atoms with Crippen molar-refractivity contribution in [2.45, 2.75) is 57.6 Å². The van der Waals surface area contributed by atoms with Crippen LogP contribution in [0.15, 0.2) is 28.7 Å². The van der Waals surface area contributed by atoms with Gasteiger partial charge in [-0.1, -0.05) is 37.5 Å². The van der Waals surface area contributed by atoms with E-state index in [4.69, 9.17) is 9.15 Å². The number of rotatable bonds is 7. The largest absolute Gasteiger partial charge is 0.451 e. The first kappa shape index (κ1) is 19.5. The van der Waals surface area contributed by atoms with Gasteiger partial charge >= 0.3 is 0 Å². The zero-order chi connectivity index (χ0) is 19.3. The molecule has 2 heterocycles. The number of carbonyl (C=O) groups is 1. The quantitative estimate of drug-likeness (QED) is 0.771. The molecule has 2 aliphatic rings. The summed E-state index contributed by atoms with van der Waals surface area (Å²) in [5, 5.41) is 4.09. The van der Waals surface area contributed by atoms with Gasteiger partial charge in [-0.25, -0.2) is 0 Å². The molecule has 1 atom stereocenters. The molecule has 1 saturated heterocycles. The van der Waals surface area contributed by atoms with Crippen LogP contribution in [0.1, 0.15) is 61.1 Å². The standard InChI is InChI=1S/C23H32N2O3/c1-27-16-20-19-11-5-6-12-21(19)28-22(20)23(26)24-14-18-10-7-13-25(18)15-17-8-3-2-4-9-17/h5-6,11-12,17-18H,2-4,7-10,13-16H2,1H3,(H,24,26). The lowest BCUT2D eigenvalue weighted by Gasteiger charge is -2.31. The second-order valence-corrected chi connectivity index (χ2v) is 8.34. The highest BCUT2D eigenvalue weighted by Crippen LogP contribution is 2.28. The van der Waals surface area contributed by atoms with Crippen LogP contribution in [0, 0.1) is 5.92 Å². The van der Waals surface area contributed by atoms with Gasteiger partial charge in [0.05, 0.1) is 6.61 Å². The highest BCUT2D eigenvalue weighted by molar-refractivity contribution is 5.99. The van der Waals surface area contributed by atoms with Gasteiger partial charge in [-0.15, -0.1) is 0 Å². The average molecular weight is 385 g/mol. The second-order valence-electron chi connectivity index (χ2n) is 8.34. The Bertz CT molecular complexity index is 794. The van der Waals surface area contributed by atoms with Crippen molar-refractivity contribution in [2.75, 3.05) is 26.7 Å². The predicted molar refractivity (Wildman–Crippen MR) is 110 cm³/mol. The molecule has 1 aromatic heterocycles. The second kappa shape index (κ2) is 9.10. The fourth-order valence-corrected chi connectivity index (χ4v) is 4.93. The number of hydrogen-bond acceptors (Lipinski definition) is 4. The molecule has 1 unspecified atom stereocenters. The van der Waals surface area contributed by atoms with Crippen LogP contribution in [0.25, 0.3) is 11.0 Å². The number of ether oxygens (including phenoxy) is 1. The van der Waals surface area contributed by atoms with Crippen LogP contribution < -0.4 is 5.32 Å². The summed E-state index contributed by atoms with van der Waals surface area (Å²) in [7, 11) is 1.64. The van der Waals surface area contributed by atoms with Gasteiger partial charge in [-0.3, -0.25) is 9.69 Å². The molecule has 1 aliphatic heterocycles. The number of fused-ring (bicyclic) bond motifs is 1. The molecule has 1 N–H and O–H groups in total. The third-order valence-electron chi connectivity index (χ3n) is 6.41. The Balaban J connectivity index is 1.39. The van der Waals surface area contributed by atoms with Crippen molar-refractivity contribution in [2.24, 2.45) is 5.92 Å². The van der Waals surface area contributed by atoms with Crippen molar-refractivity contribution in [3.05, 3.63) is 35.6 Å². The Morgan fingerprint density at radius 2 is 2.00 bits per heavy atom. The van der Waals surface area contributed by atoms with E-state index in [0.717, 1.165) is 35.4 Å². The van der Waals surface area contributed by atoms with Crippen LogP contribution in [-0.4, -0.2) is 43.6 Å². The van der Waals surface area contributed by atoms with Gasteiger partial charge in [-0.05, 0) is 44.2 Å². The fourth-order valence-electron chi connectivity index (χ4n) is 4.93. The lowest BCUT2D eigenvalue weighted by molar-refractivity contribution is 0.0904. The third-order valence-corrected chi connectivity index (χ3v) is 6.41. The minimum atomic E-state index is -0.132. The number of likely N-dealkylation sites (tertiary alicyclic amines) is 1. The van der Waals surface area contributed by atoms with E-state index in [1.807, 2.05) is 24.3 Å². The lowest BCUT2D eigenvalue weighted by Crippen LogP contribution is -2.42. The maximum Gasteiger partial charge on any atom is 0.287 e. The summed E-state index contributed by atoms with van der Waals surface area (Å²) in [6.45, 7) is 3.42. The van der Waals surface area contributed by atoms with E-state index < -0.39 is 0 Å². The van der Waals surface area contributed by atoms with Gasteiger partial charge in [0, 0.05) is 37.2 Å². The first-order valence-electron chi connectivity index (χ1n) is 10.8. The van der Waals surface area contributed by atoms with Gasteiger partial charge in [0.2, 0.25) is 0 Å². The molecular weight excluding hydrogens is 352 g/mol. The van der Waals surface area contributed by atoms with E-state index in [-0.39, 0.29) is 5.91 Å². The fraction of sp³-hybridized carbons (Fsp3) is 0.609. The molecule has 2 fully saturated rings. The number of methoxy groups -OCH3 is 1. The molecule has 1 amide bonds. The lowest BCUT2D eigenvalue weighted by atomic mass is 9.89. The molecule has 152 valence electrons. The molecule has 2 aromatic rings. The maximum absolute atomic E-state index is 12.9. The van der Waals surface area contributed by atoms with E-state index in [0.29, 0.717) is 25.0 Å².